The van der Waals surface area contributed by atoms with E-state index in [9.17, 15) is 18.3 Å². The van der Waals surface area contributed by atoms with Crippen LogP contribution in [0.5, 0.6) is 5.75 Å². The second-order valence-electron chi connectivity index (χ2n) is 8.79. The van der Waals surface area contributed by atoms with E-state index in [0.29, 0.717) is 34.0 Å². The number of rotatable bonds is 6. The van der Waals surface area contributed by atoms with E-state index in [1.165, 1.54) is 36.0 Å². The molecule has 4 aromatic rings. The third kappa shape index (κ3) is 5.36. The molecule has 11 nitrogen and oxygen atoms in total. The van der Waals surface area contributed by atoms with Gasteiger partial charge in [-0.15, -0.1) is 0 Å². The van der Waals surface area contributed by atoms with Gasteiger partial charge in [-0.1, -0.05) is 11.3 Å². The molecule has 4 rings (SSSR count). The highest BCUT2D eigenvalue weighted by Crippen LogP contribution is 2.38. The molecule has 188 valence electrons. The van der Waals surface area contributed by atoms with Gasteiger partial charge in [-0.25, -0.2) is 28.2 Å². The highest BCUT2D eigenvalue weighted by atomic mass is 32.2. The van der Waals surface area contributed by atoms with Crippen LogP contribution in [-0.2, 0) is 10.0 Å². The van der Waals surface area contributed by atoms with Gasteiger partial charge in [0.1, 0.15) is 5.75 Å². The second kappa shape index (κ2) is 9.66. The lowest BCUT2D eigenvalue weighted by Gasteiger charge is -2.19. The number of sulfonamides is 1. The number of amides is 2. The monoisotopic (exact) mass is 527 g/mol. The molecule has 0 aliphatic heterocycles. The molecule has 0 spiro atoms. The van der Waals surface area contributed by atoms with Crippen LogP contribution in [0.15, 0.2) is 42.9 Å². The van der Waals surface area contributed by atoms with Crippen molar-refractivity contribution in [1.82, 2.24) is 25.3 Å². The molecule has 3 heterocycles. The van der Waals surface area contributed by atoms with Gasteiger partial charge in [0.15, 0.2) is 5.13 Å². The van der Waals surface area contributed by atoms with E-state index in [0.717, 1.165) is 10.3 Å². The molecule has 0 aliphatic rings. The van der Waals surface area contributed by atoms with Crippen molar-refractivity contribution < 1.29 is 18.3 Å². The summed E-state index contributed by atoms with van der Waals surface area (Å²) < 4.78 is 27.0. The van der Waals surface area contributed by atoms with Gasteiger partial charge in [0.2, 0.25) is 16.0 Å². The summed E-state index contributed by atoms with van der Waals surface area (Å²) in [4.78, 5) is 29.2. The van der Waals surface area contributed by atoms with Crippen molar-refractivity contribution in [3.8, 4) is 28.1 Å². The SMILES string of the molecule is CCNC(=O)Nc1nc2cc(-c3cnc(NS(=O)(=O)C(C)(C)C)nc3)cc(-c3ccc(O)cn3)c2s1. The largest absolute Gasteiger partial charge is 0.506 e. The number of carbonyl (C=O) groups is 1. The zero-order valence-corrected chi connectivity index (χ0v) is 21.7. The number of nitrogens with zero attached hydrogens (tertiary/aromatic N) is 4. The molecular weight excluding hydrogens is 502 g/mol. The summed E-state index contributed by atoms with van der Waals surface area (Å²) in [6.45, 7) is 7.05. The number of urea groups is 1. The summed E-state index contributed by atoms with van der Waals surface area (Å²) in [5.41, 5.74) is 3.30. The third-order valence-electron chi connectivity index (χ3n) is 5.09. The fourth-order valence-electron chi connectivity index (χ4n) is 3.09. The Morgan fingerprint density at radius 1 is 1.06 bits per heavy atom. The standard InChI is InChI=1S/C23H25N7O4S2/c1-5-24-21(32)29-22-28-18-9-13(8-16(19(18)35-22)17-7-6-15(31)12-25-17)14-10-26-20(27-11-14)30-36(33,34)23(2,3)4/h6-12,31H,5H2,1-4H3,(H,26,27,30)(H2,24,28,29,32). The van der Waals surface area contributed by atoms with Crippen LogP contribution in [0, 0.1) is 0 Å². The first-order valence-electron chi connectivity index (χ1n) is 11.0. The Morgan fingerprint density at radius 2 is 1.78 bits per heavy atom. The fourth-order valence-corrected chi connectivity index (χ4v) is 4.71. The molecule has 0 saturated carbocycles. The van der Waals surface area contributed by atoms with Gasteiger partial charge < -0.3 is 10.4 Å². The molecule has 36 heavy (non-hydrogen) atoms. The summed E-state index contributed by atoms with van der Waals surface area (Å²) >= 11 is 1.30. The quantitative estimate of drug-likeness (QED) is 0.290. The van der Waals surface area contributed by atoms with Gasteiger partial charge in [0.05, 0.1) is 26.9 Å². The van der Waals surface area contributed by atoms with Crippen LogP contribution < -0.4 is 15.4 Å². The van der Waals surface area contributed by atoms with Crippen LogP contribution in [0.3, 0.4) is 0 Å². The minimum atomic E-state index is -3.67. The molecule has 0 radical (unpaired) electrons. The smallest absolute Gasteiger partial charge is 0.321 e. The van der Waals surface area contributed by atoms with Crippen molar-refractivity contribution in [2.75, 3.05) is 16.6 Å². The number of hydrogen-bond acceptors (Lipinski definition) is 9. The van der Waals surface area contributed by atoms with Crippen molar-refractivity contribution in [3.63, 3.8) is 0 Å². The Balaban J connectivity index is 1.76. The molecule has 3 aromatic heterocycles. The lowest BCUT2D eigenvalue weighted by molar-refractivity contribution is 0.252. The Labute approximate surface area is 212 Å². The topological polar surface area (TPSA) is 159 Å². The Kier molecular flexibility index (Phi) is 6.78. The Bertz CT molecular complexity index is 1510. The van der Waals surface area contributed by atoms with E-state index >= 15 is 0 Å². The van der Waals surface area contributed by atoms with E-state index in [4.69, 9.17) is 0 Å². The molecule has 0 atom stereocenters. The number of thiazole rings is 1. The maximum absolute atomic E-state index is 12.4. The van der Waals surface area contributed by atoms with Crippen molar-refractivity contribution in [1.29, 1.82) is 0 Å². The van der Waals surface area contributed by atoms with E-state index in [1.54, 1.807) is 26.8 Å². The number of nitrogens with one attached hydrogen (secondary N) is 3. The van der Waals surface area contributed by atoms with Crippen LogP contribution >= 0.6 is 11.3 Å². The third-order valence-corrected chi connectivity index (χ3v) is 8.17. The van der Waals surface area contributed by atoms with Crippen LogP contribution in [0.1, 0.15) is 27.7 Å². The number of anilines is 2. The van der Waals surface area contributed by atoms with Gasteiger partial charge in [-0.2, -0.15) is 0 Å². The zero-order chi connectivity index (χ0) is 26.1. The van der Waals surface area contributed by atoms with E-state index < -0.39 is 14.8 Å². The lowest BCUT2D eigenvalue weighted by Crippen LogP contribution is -2.34. The van der Waals surface area contributed by atoms with Crippen LogP contribution in [-0.4, -0.2) is 50.8 Å². The molecule has 0 aliphatic carbocycles. The summed E-state index contributed by atoms with van der Waals surface area (Å²) in [6.07, 6.45) is 4.38. The molecule has 0 bridgehead atoms. The fraction of sp³-hybridized carbons (Fsp3) is 0.261. The maximum Gasteiger partial charge on any atom is 0.321 e. The van der Waals surface area contributed by atoms with Crippen LogP contribution in [0.2, 0.25) is 0 Å². The van der Waals surface area contributed by atoms with Gasteiger partial charge in [0.25, 0.3) is 0 Å². The molecule has 1 aromatic carbocycles. The molecule has 13 heteroatoms. The molecule has 4 N–H and O–H groups in total. The van der Waals surface area contributed by atoms with Crippen molar-refractivity contribution >= 4 is 48.7 Å². The number of aromatic nitrogens is 4. The number of aromatic hydroxyl groups is 1. The lowest BCUT2D eigenvalue weighted by atomic mass is 10.0. The molecular formula is C23H25N7O4S2. The number of benzene rings is 1. The van der Waals surface area contributed by atoms with Gasteiger partial charge >= 0.3 is 6.03 Å². The highest BCUT2D eigenvalue weighted by molar-refractivity contribution is 7.94. The van der Waals surface area contributed by atoms with Gasteiger partial charge in [0, 0.05) is 30.1 Å². The van der Waals surface area contributed by atoms with E-state index in [1.807, 2.05) is 19.1 Å². The molecule has 0 fully saturated rings. The summed E-state index contributed by atoms with van der Waals surface area (Å²) in [5.74, 6) is 0.00741. The minimum absolute atomic E-state index is 0.0303. The average molecular weight is 528 g/mol. The van der Waals surface area contributed by atoms with E-state index in [2.05, 4.69) is 35.3 Å². The highest BCUT2D eigenvalue weighted by Gasteiger charge is 2.29. The van der Waals surface area contributed by atoms with Gasteiger partial charge in [-0.3, -0.25) is 15.0 Å². The minimum Gasteiger partial charge on any atom is -0.506 e. The van der Waals surface area contributed by atoms with Gasteiger partial charge in [-0.05, 0) is 57.5 Å². The molecule has 2 amide bonds. The van der Waals surface area contributed by atoms with Crippen LogP contribution in [0.4, 0.5) is 15.9 Å². The predicted molar refractivity (Wildman–Crippen MR) is 141 cm³/mol. The number of pyridine rings is 1. The normalized spacial score (nSPS) is 11.9. The van der Waals surface area contributed by atoms with Crippen molar-refractivity contribution in [2.24, 2.45) is 0 Å². The zero-order valence-electron chi connectivity index (χ0n) is 20.0. The van der Waals surface area contributed by atoms with Crippen LogP contribution in [0.25, 0.3) is 32.6 Å². The van der Waals surface area contributed by atoms with Crippen molar-refractivity contribution in [2.45, 2.75) is 32.4 Å². The molecule has 0 saturated heterocycles. The number of hydrogen-bond donors (Lipinski definition) is 4. The Hall–Kier alpha value is -3.84. The first-order chi connectivity index (χ1) is 17.0. The second-order valence-corrected chi connectivity index (χ2v) is 12.2. The first-order valence-corrected chi connectivity index (χ1v) is 13.3. The predicted octanol–water partition coefficient (Wildman–Crippen LogP) is 4.20. The number of fused-ring (bicyclic) bond motifs is 1. The molecule has 0 unspecified atom stereocenters. The van der Waals surface area contributed by atoms with Crippen molar-refractivity contribution in [3.05, 3.63) is 42.9 Å². The summed E-state index contributed by atoms with van der Waals surface area (Å²) in [6, 6.07) is 6.58. The maximum atomic E-state index is 12.4. The average Bonchev–Trinajstić information content (AvgIpc) is 3.21. The summed E-state index contributed by atoms with van der Waals surface area (Å²) in [7, 11) is -3.67. The Morgan fingerprint density at radius 3 is 2.39 bits per heavy atom. The first kappa shape index (κ1) is 25.3. The summed E-state index contributed by atoms with van der Waals surface area (Å²) in [5, 5.41) is 15.5. The number of carbonyl (C=O) groups excluding carboxylic acids is 1. The van der Waals surface area contributed by atoms with E-state index in [-0.39, 0.29) is 17.7 Å².